The molecular formula is C16H31N3S. The van der Waals surface area contributed by atoms with E-state index in [1.165, 1.54) is 17.0 Å². The van der Waals surface area contributed by atoms with E-state index in [9.17, 15) is 0 Å². The predicted molar refractivity (Wildman–Crippen MR) is 90.9 cm³/mol. The molecule has 1 heterocycles. The van der Waals surface area contributed by atoms with Crippen LogP contribution in [0.25, 0.3) is 0 Å². The minimum absolute atomic E-state index is 0.108. The molecular weight excluding hydrogens is 266 g/mol. The summed E-state index contributed by atoms with van der Waals surface area (Å²) >= 11 is 1.84. The quantitative estimate of drug-likeness (QED) is 0.770. The Morgan fingerprint density at radius 3 is 2.45 bits per heavy atom. The first kappa shape index (κ1) is 17.4. The molecule has 0 saturated carbocycles. The van der Waals surface area contributed by atoms with Crippen molar-refractivity contribution in [3.63, 3.8) is 0 Å². The predicted octanol–water partition coefficient (Wildman–Crippen LogP) is 4.03. The van der Waals surface area contributed by atoms with Gasteiger partial charge in [-0.1, -0.05) is 41.5 Å². The van der Waals surface area contributed by atoms with Gasteiger partial charge in [-0.25, -0.2) is 4.98 Å². The first-order valence-electron chi connectivity index (χ1n) is 7.67. The molecule has 0 fully saturated rings. The summed E-state index contributed by atoms with van der Waals surface area (Å²) in [4.78, 5) is 8.59. The fraction of sp³-hybridized carbons (Fsp3) is 0.812. The van der Waals surface area contributed by atoms with E-state index in [0.29, 0.717) is 5.92 Å². The number of nitrogens with one attached hydrogen (secondary N) is 1. The van der Waals surface area contributed by atoms with Crippen LogP contribution < -0.4 is 10.2 Å². The van der Waals surface area contributed by atoms with Crippen LogP contribution in [0.3, 0.4) is 0 Å². The highest BCUT2D eigenvalue weighted by atomic mass is 32.1. The highest BCUT2D eigenvalue weighted by molar-refractivity contribution is 7.15. The van der Waals surface area contributed by atoms with Gasteiger partial charge in [-0.3, -0.25) is 0 Å². The monoisotopic (exact) mass is 297 g/mol. The summed E-state index contributed by atoms with van der Waals surface area (Å²) in [5.41, 5.74) is 1.35. The van der Waals surface area contributed by atoms with E-state index in [-0.39, 0.29) is 5.41 Å². The molecule has 1 N–H and O–H groups in total. The third-order valence-corrected chi connectivity index (χ3v) is 4.24. The number of aromatic nitrogens is 1. The fourth-order valence-corrected chi connectivity index (χ4v) is 3.42. The van der Waals surface area contributed by atoms with Crippen molar-refractivity contribution < 1.29 is 0 Å². The maximum atomic E-state index is 4.92. The van der Waals surface area contributed by atoms with E-state index in [2.05, 4.69) is 58.8 Å². The third-order valence-electron chi connectivity index (χ3n) is 3.07. The van der Waals surface area contributed by atoms with E-state index in [1.807, 2.05) is 11.3 Å². The summed E-state index contributed by atoms with van der Waals surface area (Å²) in [6, 6.07) is 0. The van der Waals surface area contributed by atoms with Gasteiger partial charge in [0, 0.05) is 30.4 Å². The molecule has 1 aromatic rings. The number of hydrogen-bond acceptors (Lipinski definition) is 4. The third kappa shape index (κ3) is 5.06. The first-order chi connectivity index (χ1) is 9.25. The molecule has 0 saturated heterocycles. The van der Waals surface area contributed by atoms with E-state index in [0.717, 1.165) is 24.8 Å². The van der Waals surface area contributed by atoms with Gasteiger partial charge in [-0.2, -0.15) is 0 Å². The Balaban J connectivity index is 2.93. The molecule has 0 aliphatic heterocycles. The summed E-state index contributed by atoms with van der Waals surface area (Å²) in [6.45, 7) is 16.5. The highest BCUT2D eigenvalue weighted by Gasteiger charge is 2.24. The second-order valence-electron chi connectivity index (χ2n) is 6.97. The van der Waals surface area contributed by atoms with Crippen molar-refractivity contribution >= 4 is 16.5 Å². The van der Waals surface area contributed by atoms with Gasteiger partial charge >= 0.3 is 0 Å². The van der Waals surface area contributed by atoms with Crippen LogP contribution in [0, 0.1) is 5.92 Å². The van der Waals surface area contributed by atoms with Crippen LogP contribution in [0.15, 0.2) is 0 Å². The van der Waals surface area contributed by atoms with Gasteiger partial charge < -0.3 is 10.2 Å². The Morgan fingerprint density at radius 2 is 1.95 bits per heavy atom. The Kier molecular flexibility index (Phi) is 6.46. The van der Waals surface area contributed by atoms with E-state index in [1.54, 1.807) is 0 Å². The standard InChI is InChI=1S/C16H31N3S/c1-8-9-17-10-13-14(16(4,5)6)18-15(20-13)19(7)11-12(2)3/h12,17H,8-11H2,1-7H3. The molecule has 0 amide bonds. The lowest BCUT2D eigenvalue weighted by Gasteiger charge is -2.19. The summed E-state index contributed by atoms with van der Waals surface area (Å²) < 4.78 is 0. The molecule has 0 aromatic carbocycles. The maximum Gasteiger partial charge on any atom is 0.185 e. The van der Waals surface area contributed by atoms with Crippen LogP contribution in [0.1, 0.15) is 58.5 Å². The minimum Gasteiger partial charge on any atom is -0.351 e. The normalized spacial score (nSPS) is 12.2. The van der Waals surface area contributed by atoms with Gasteiger partial charge in [0.25, 0.3) is 0 Å². The number of hydrogen-bond donors (Lipinski definition) is 1. The zero-order valence-electron chi connectivity index (χ0n) is 14.2. The van der Waals surface area contributed by atoms with Gasteiger partial charge in [0.15, 0.2) is 5.13 Å². The van der Waals surface area contributed by atoms with E-state index < -0.39 is 0 Å². The van der Waals surface area contributed by atoms with Crippen LogP contribution in [0.2, 0.25) is 0 Å². The second-order valence-corrected chi connectivity index (χ2v) is 8.03. The smallest absolute Gasteiger partial charge is 0.185 e. The molecule has 0 atom stereocenters. The molecule has 3 nitrogen and oxygen atoms in total. The number of anilines is 1. The van der Waals surface area contributed by atoms with Gasteiger partial charge in [-0.15, -0.1) is 11.3 Å². The summed E-state index contributed by atoms with van der Waals surface area (Å²) in [5.74, 6) is 0.656. The minimum atomic E-state index is 0.108. The van der Waals surface area contributed by atoms with Crippen LogP contribution in [-0.4, -0.2) is 25.1 Å². The van der Waals surface area contributed by atoms with Crippen LogP contribution in [0.5, 0.6) is 0 Å². The average Bonchev–Trinajstić information content (AvgIpc) is 2.72. The molecule has 1 aromatic heterocycles. The fourth-order valence-electron chi connectivity index (χ4n) is 2.21. The number of rotatable bonds is 7. The molecule has 0 aliphatic carbocycles. The van der Waals surface area contributed by atoms with E-state index >= 15 is 0 Å². The SMILES string of the molecule is CCCNCc1sc(N(C)CC(C)C)nc1C(C)(C)C. The highest BCUT2D eigenvalue weighted by Crippen LogP contribution is 2.33. The van der Waals surface area contributed by atoms with Crippen molar-refractivity contribution in [3.8, 4) is 0 Å². The van der Waals surface area contributed by atoms with Gasteiger partial charge in [0.2, 0.25) is 0 Å². The van der Waals surface area contributed by atoms with E-state index in [4.69, 9.17) is 4.98 Å². The van der Waals surface area contributed by atoms with Crippen molar-refractivity contribution in [3.05, 3.63) is 10.6 Å². The lowest BCUT2D eigenvalue weighted by molar-refractivity contribution is 0.557. The zero-order chi connectivity index (χ0) is 15.3. The topological polar surface area (TPSA) is 28.2 Å². The summed E-state index contributed by atoms with van der Waals surface area (Å²) in [7, 11) is 2.15. The average molecular weight is 298 g/mol. The molecule has 4 heteroatoms. The Morgan fingerprint density at radius 1 is 1.30 bits per heavy atom. The molecule has 20 heavy (non-hydrogen) atoms. The van der Waals surface area contributed by atoms with Crippen LogP contribution >= 0.6 is 11.3 Å². The van der Waals surface area contributed by atoms with Crippen molar-refractivity contribution in [1.29, 1.82) is 0 Å². The molecule has 116 valence electrons. The van der Waals surface area contributed by atoms with Crippen LogP contribution in [0.4, 0.5) is 5.13 Å². The largest absolute Gasteiger partial charge is 0.351 e. The first-order valence-corrected chi connectivity index (χ1v) is 8.49. The lowest BCUT2D eigenvalue weighted by Crippen LogP contribution is -2.23. The lowest BCUT2D eigenvalue weighted by atomic mass is 9.91. The zero-order valence-corrected chi connectivity index (χ0v) is 15.0. The second kappa shape index (κ2) is 7.41. The number of nitrogens with zero attached hydrogens (tertiary/aromatic N) is 2. The van der Waals surface area contributed by atoms with Crippen molar-refractivity contribution in [2.24, 2.45) is 5.92 Å². The van der Waals surface area contributed by atoms with Crippen molar-refractivity contribution in [1.82, 2.24) is 10.3 Å². The Hall–Kier alpha value is -0.610. The molecule has 0 unspecified atom stereocenters. The molecule has 0 spiro atoms. The van der Waals surface area contributed by atoms with Gasteiger partial charge in [0.05, 0.1) is 5.69 Å². The Bertz CT molecular complexity index is 404. The maximum absolute atomic E-state index is 4.92. The van der Waals surface area contributed by atoms with Crippen molar-refractivity contribution in [2.75, 3.05) is 25.0 Å². The molecule has 0 aliphatic rings. The Labute approximate surface area is 128 Å². The number of thiazole rings is 1. The van der Waals surface area contributed by atoms with Crippen molar-refractivity contribution in [2.45, 2.75) is 59.9 Å². The summed E-state index contributed by atoms with van der Waals surface area (Å²) in [5, 5.41) is 4.66. The molecule has 0 radical (unpaired) electrons. The van der Waals surface area contributed by atoms with Crippen LogP contribution in [-0.2, 0) is 12.0 Å². The van der Waals surface area contributed by atoms with Gasteiger partial charge in [0.1, 0.15) is 0 Å². The summed E-state index contributed by atoms with van der Waals surface area (Å²) in [6.07, 6.45) is 1.17. The molecule has 0 bridgehead atoms. The van der Waals surface area contributed by atoms with Gasteiger partial charge in [-0.05, 0) is 18.9 Å². The molecule has 1 rings (SSSR count).